The molecule has 6 heteroatoms. The molecule has 2 heterocycles. The molecule has 27 heavy (non-hydrogen) atoms. The lowest BCUT2D eigenvalue weighted by Crippen LogP contribution is -2.44. The monoisotopic (exact) mass is 365 g/mol. The van der Waals surface area contributed by atoms with Crippen LogP contribution in [0.4, 0.5) is 0 Å². The Kier molecular flexibility index (Phi) is 6.89. The summed E-state index contributed by atoms with van der Waals surface area (Å²) in [5.41, 5.74) is 1.78. The smallest absolute Gasteiger partial charge is 0.191 e. The van der Waals surface area contributed by atoms with Crippen LogP contribution in [0.1, 0.15) is 42.2 Å². The quantitative estimate of drug-likeness (QED) is 0.608. The number of nitrogens with zero attached hydrogens (tertiary/aromatic N) is 3. The fourth-order valence-corrected chi connectivity index (χ4v) is 3.42. The molecule has 0 bridgehead atoms. The summed E-state index contributed by atoms with van der Waals surface area (Å²) in [6, 6.07) is 13.9. The summed E-state index contributed by atoms with van der Waals surface area (Å²) in [5, 5.41) is 15.7. The minimum Gasteiger partial charge on any atom is -0.468 e. The van der Waals surface area contributed by atoms with Crippen LogP contribution in [-0.2, 0) is 6.54 Å². The normalized spacial score (nSPS) is 16.5. The van der Waals surface area contributed by atoms with E-state index in [1.165, 1.54) is 19.3 Å². The molecule has 142 valence electrons. The summed E-state index contributed by atoms with van der Waals surface area (Å²) in [6.45, 7) is 3.59. The van der Waals surface area contributed by atoms with E-state index in [-0.39, 0.29) is 6.04 Å². The Hall–Kier alpha value is -2.78. The Balaban J connectivity index is 1.56. The van der Waals surface area contributed by atoms with Crippen molar-refractivity contribution in [2.45, 2.75) is 31.8 Å². The molecule has 6 nitrogen and oxygen atoms in total. The molecule has 0 radical (unpaired) electrons. The highest BCUT2D eigenvalue weighted by atomic mass is 16.3. The van der Waals surface area contributed by atoms with E-state index in [9.17, 15) is 0 Å². The standard InChI is InChI=1S/C21H27N5O/c1-23-21(24-15-18-9-7-17(14-22)8-10-18)25-16-19(20-6-5-13-27-20)26-11-3-2-4-12-26/h5-10,13,19H,2-4,11-12,15-16H2,1H3,(H2,23,24,25). The van der Waals surface area contributed by atoms with Crippen molar-refractivity contribution in [1.82, 2.24) is 15.5 Å². The van der Waals surface area contributed by atoms with E-state index in [0.29, 0.717) is 12.1 Å². The van der Waals surface area contributed by atoms with Crippen LogP contribution in [-0.4, -0.2) is 37.5 Å². The highest BCUT2D eigenvalue weighted by molar-refractivity contribution is 5.79. The van der Waals surface area contributed by atoms with Crippen LogP contribution in [0.5, 0.6) is 0 Å². The van der Waals surface area contributed by atoms with Crippen molar-refractivity contribution in [3.8, 4) is 6.07 Å². The SMILES string of the molecule is CN=C(NCc1ccc(C#N)cc1)NCC(c1ccco1)N1CCCCC1. The van der Waals surface area contributed by atoms with Gasteiger partial charge in [0.25, 0.3) is 0 Å². The van der Waals surface area contributed by atoms with Crippen LogP contribution in [0.25, 0.3) is 0 Å². The molecule has 2 aromatic rings. The van der Waals surface area contributed by atoms with Crippen LogP contribution in [0.2, 0.25) is 0 Å². The first-order chi connectivity index (χ1) is 13.3. The highest BCUT2D eigenvalue weighted by Crippen LogP contribution is 2.24. The van der Waals surface area contributed by atoms with Crippen molar-refractivity contribution in [2.75, 3.05) is 26.7 Å². The number of furan rings is 1. The average molecular weight is 365 g/mol. The van der Waals surface area contributed by atoms with Crippen molar-refractivity contribution >= 4 is 5.96 Å². The van der Waals surface area contributed by atoms with Gasteiger partial charge in [-0.05, 0) is 55.8 Å². The average Bonchev–Trinajstić information content (AvgIpc) is 3.26. The third-order valence-electron chi connectivity index (χ3n) is 4.93. The highest BCUT2D eigenvalue weighted by Gasteiger charge is 2.24. The van der Waals surface area contributed by atoms with Crippen LogP contribution in [0, 0.1) is 11.3 Å². The van der Waals surface area contributed by atoms with Crippen LogP contribution in [0.3, 0.4) is 0 Å². The van der Waals surface area contributed by atoms with E-state index in [4.69, 9.17) is 9.68 Å². The number of likely N-dealkylation sites (tertiary alicyclic amines) is 1. The molecular weight excluding hydrogens is 338 g/mol. The lowest BCUT2D eigenvalue weighted by molar-refractivity contribution is 0.146. The Morgan fingerprint density at radius 3 is 2.59 bits per heavy atom. The molecule has 1 aromatic carbocycles. The molecule has 1 aliphatic rings. The number of hydrogen-bond donors (Lipinski definition) is 2. The number of guanidine groups is 1. The topological polar surface area (TPSA) is 76.6 Å². The number of hydrogen-bond acceptors (Lipinski definition) is 4. The van der Waals surface area contributed by atoms with Gasteiger partial charge in [-0.15, -0.1) is 0 Å². The van der Waals surface area contributed by atoms with Crippen LogP contribution in [0.15, 0.2) is 52.1 Å². The van der Waals surface area contributed by atoms with Gasteiger partial charge in [0, 0.05) is 20.1 Å². The Bertz CT molecular complexity index is 755. The van der Waals surface area contributed by atoms with Gasteiger partial charge < -0.3 is 15.1 Å². The minimum absolute atomic E-state index is 0.203. The van der Waals surface area contributed by atoms with Crippen molar-refractivity contribution in [3.63, 3.8) is 0 Å². The fourth-order valence-electron chi connectivity index (χ4n) is 3.42. The molecule has 0 aliphatic carbocycles. The van der Waals surface area contributed by atoms with Crippen molar-refractivity contribution in [2.24, 2.45) is 4.99 Å². The number of piperidine rings is 1. The molecule has 1 unspecified atom stereocenters. The summed E-state index contributed by atoms with van der Waals surface area (Å²) in [6.07, 6.45) is 5.53. The van der Waals surface area contributed by atoms with E-state index in [2.05, 4.69) is 26.6 Å². The van der Waals surface area contributed by atoms with Gasteiger partial charge in [-0.2, -0.15) is 5.26 Å². The second-order valence-corrected chi connectivity index (χ2v) is 6.74. The van der Waals surface area contributed by atoms with E-state index in [1.807, 2.05) is 36.4 Å². The zero-order valence-electron chi connectivity index (χ0n) is 15.8. The van der Waals surface area contributed by atoms with Gasteiger partial charge in [0.2, 0.25) is 0 Å². The minimum atomic E-state index is 0.203. The molecule has 2 N–H and O–H groups in total. The van der Waals surface area contributed by atoms with E-state index in [1.54, 1.807) is 13.3 Å². The summed E-state index contributed by atoms with van der Waals surface area (Å²) in [4.78, 5) is 6.82. The third kappa shape index (κ3) is 5.35. The number of aliphatic imine (C=N–C) groups is 1. The van der Waals surface area contributed by atoms with Crippen LogP contribution >= 0.6 is 0 Å². The Morgan fingerprint density at radius 1 is 1.19 bits per heavy atom. The Morgan fingerprint density at radius 2 is 1.96 bits per heavy atom. The number of benzene rings is 1. The van der Waals surface area contributed by atoms with Crippen molar-refractivity contribution in [1.29, 1.82) is 5.26 Å². The first kappa shape index (κ1) is 19.0. The molecule has 0 saturated carbocycles. The number of nitrogens with one attached hydrogen (secondary N) is 2. The van der Waals surface area contributed by atoms with Gasteiger partial charge in [-0.3, -0.25) is 9.89 Å². The van der Waals surface area contributed by atoms with Gasteiger partial charge in [0.15, 0.2) is 5.96 Å². The summed E-state index contributed by atoms with van der Waals surface area (Å²) in [7, 11) is 1.77. The first-order valence-electron chi connectivity index (χ1n) is 9.51. The van der Waals surface area contributed by atoms with Gasteiger partial charge in [0.1, 0.15) is 5.76 Å². The molecule has 1 atom stereocenters. The summed E-state index contributed by atoms with van der Waals surface area (Å²) in [5.74, 6) is 1.75. The Labute approximate surface area is 160 Å². The predicted molar refractivity (Wildman–Crippen MR) is 106 cm³/mol. The van der Waals surface area contributed by atoms with Gasteiger partial charge in [-0.1, -0.05) is 18.6 Å². The van der Waals surface area contributed by atoms with E-state index < -0.39 is 0 Å². The van der Waals surface area contributed by atoms with Gasteiger partial charge in [0.05, 0.1) is 23.9 Å². The summed E-state index contributed by atoms with van der Waals surface area (Å²) < 4.78 is 5.70. The third-order valence-corrected chi connectivity index (χ3v) is 4.93. The molecule has 1 saturated heterocycles. The molecular formula is C21H27N5O. The molecule has 1 aromatic heterocycles. The fraction of sp³-hybridized carbons (Fsp3) is 0.429. The first-order valence-corrected chi connectivity index (χ1v) is 9.51. The van der Waals surface area contributed by atoms with Gasteiger partial charge >= 0.3 is 0 Å². The lowest BCUT2D eigenvalue weighted by atomic mass is 10.1. The maximum atomic E-state index is 8.89. The summed E-state index contributed by atoms with van der Waals surface area (Å²) >= 11 is 0. The molecule has 1 fully saturated rings. The van der Waals surface area contributed by atoms with Crippen molar-refractivity contribution in [3.05, 3.63) is 59.5 Å². The molecule has 0 amide bonds. The maximum absolute atomic E-state index is 8.89. The number of rotatable bonds is 6. The maximum Gasteiger partial charge on any atom is 0.191 e. The number of nitriles is 1. The van der Waals surface area contributed by atoms with E-state index in [0.717, 1.165) is 36.9 Å². The molecule has 0 spiro atoms. The van der Waals surface area contributed by atoms with Gasteiger partial charge in [-0.25, -0.2) is 0 Å². The second-order valence-electron chi connectivity index (χ2n) is 6.74. The lowest BCUT2D eigenvalue weighted by Gasteiger charge is -2.33. The largest absolute Gasteiger partial charge is 0.468 e. The predicted octanol–water partition coefficient (Wildman–Crippen LogP) is 3.04. The molecule has 3 rings (SSSR count). The zero-order valence-corrected chi connectivity index (χ0v) is 15.8. The second kappa shape index (κ2) is 9.79. The molecule has 1 aliphatic heterocycles. The van der Waals surface area contributed by atoms with Crippen LogP contribution < -0.4 is 10.6 Å². The van der Waals surface area contributed by atoms with Crippen molar-refractivity contribution < 1.29 is 4.42 Å². The van der Waals surface area contributed by atoms with E-state index >= 15 is 0 Å². The zero-order chi connectivity index (χ0) is 18.9.